The van der Waals surface area contributed by atoms with Crippen LogP contribution in [0.3, 0.4) is 0 Å². The van der Waals surface area contributed by atoms with Gasteiger partial charge in [-0.2, -0.15) is 0 Å². The quantitative estimate of drug-likeness (QED) is 0.207. The number of nitrogens with zero attached hydrogens (tertiary/aromatic N) is 1. The summed E-state index contributed by atoms with van der Waals surface area (Å²) in [5.74, 6) is -1.77. The highest BCUT2D eigenvalue weighted by atomic mass is 127. The Bertz CT molecular complexity index is 1150. The van der Waals surface area contributed by atoms with Gasteiger partial charge in [-0.05, 0) is 112 Å². The van der Waals surface area contributed by atoms with E-state index in [0.717, 1.165) is 10.0 Å². The van der Waals surface area contributed by atoms with E-state index >= 15 is 0 Å². The lowest BCUT2D eigenvalue weighted by Gasteiger charge is -2.30. The number of benzene rings is 2. The number of halogens is 3. The summed E-state index contributed by atoms with van der Waals surface area (Å²) in [6.45, 7) is 1.38. The van der Waals surface area contributed by atoms with Crippen molar-refractivity contribution in [3.05, 3.63) is 58.6 Å². The van der Waals surface area contributed by atoms with Crippen molar-refractivity contribution in [3.8, 4) is 5.75 Å². The zero-order valence-corrected chi connectivity index (χ0v) is 22.5. The molecule has 3 rings (SSSR count). The van der Waals surface area contributed by atoms with Crippen molar-refractivity contribution in [1.82, 2.24) is 5.32 Å². The van der Waals surface area contributed by atoms with Crippen LogP contribution in [-0.4, -0.2) is 34.6 Å². The summed E-state index contributed by atoms with van der Waals surface area (Å²) in [6, 6.07) is 8.80. The molecule has 0 atom stereocenters. The Morgan fingerprint density at radius 1 is 1.26 bits per heavy atom. The number of carboxylic acid groups (broad SMARTS) is 1. The molecular weight excluding hydrogens is 714 g/mol. The number of anilines is 1. The van der Waals surface area contributed by atoms with E-state index in [1.807, 2.05) is 58.2 Å². The van der Waals surface area contributed by atoms with E-state index in [2.05, 4.69) is 21.2 Å². The van der Waals surface area contributed by atoms with E-state index in [9.17, 15) is 14.4 Å². The van der Waals surface area contributed by atoms with E-state index in [1.165, 1.54) is 11.0 Å². The number of nitrogens with one attached hydrogen (secondary N) is 1. The molecule has 0 saturated carbocycles. The van der Waals surface area contributed by atoms with Crippen LogP contribution < -0.4 is 15.0 Å². The molecule has 2 amide bonds. The Balaban J connectivity index is 1.99. The molecular formula is C20H13BrI2N2O5S. The van der Waals surface area contributed by atoms with Gasteiger partial charge in [0.15, 0.2) is 11.7 Å². The Morgan fingerprint density at radius 2 is 1.90 bits per heavy atom. The fourth-order valence-electron chi connectivity index (χ4n) is 2.85. The number of amides is 2. The van der Waals surface area contributed by atoms with Gasteiger partial charge in [0.2, 0.25) is 0 Å². The molecule has 0 spiro atoms. The number of ether oxygens (including phenoxy) is 1. The Morgan fingerprint density at radius 3 is 2.48 bits per heavy atom. The van der Waals surface area contributed by atoms with E-state index in [-0.39, 0.29) is 10.7 Å². The van der Waals surface area contributed by atoms with Crippen molar-refractivity contribution in [2.45, 2.75) is 6.92 Å². The third-order valence-electron chi connectivity index (χ3n) is 4.17. The Hall–Kier alpha value is -1.58. The van der Waals surface area contributed by atoms with Gasteiger partial charge in [-0.15, -0.1) is 0 Å². The van der Waals surface area contributed by atoms with Crippen molar-refractivity contribution in [2.24, 2.45) is 0 Å². The SMILES string of the molecule is Cc1cc(Br)ccc1N1C(=O)/C(=C/c2cc(I)c(OCC(=O)O)c(I)c2)C(=O)NC1=S. The van der Waals surface area contributed by atoms with Gasteiger partial charge in [0.25, 0.3) is 11.8 Å². The lowest BCUT2D eigenvalue weighted by molar-refractivity contribution is -0.139. The minimum atomic E-state index is -1.08. The van der Waals surface area contributed by atoms with Crippen molar-refractivity contribution < 1.29 is 24.2 Å². The molecule has 1 saturated heterocycles. The van der Waals surface area contributed by atoms with Crippen molar-refractivity contribution in [2.75, 3.05) is 11.5 Å². The Kier molecular flexibility index (Phi) is 7.70. The average molecular weight is 727 g/mol. The van der Waals surface area contributed by atoms with Crippen LogP contribution in [0.2, 0.25) is 0 Å². The van der Waals surface area contributed by atoms with Crippen LogP contribution in [0.15, 0.2) is 40.4 Å². The molecule has 1 fully saturated rings. The summed E-state index contributed by atoms with van der Waals surface area (Å²) in [6.07, 6.45) is 1.48. The van der Waals surface area contributed by atoms with Crippen LogP contribution in [0.25, 0.3) is 6.08 Å². The lowest BCUT2D eigenvalue weighted by Crippen LogP contribution is -2.54. The number of carbonyl (C=O) groups is 3. The maximum absolute atomic E-state index is 13.2. The highest BCUT2D eigenvalue weighted by molar-refractivity contribution is 14.1. The molecule has 0 aromatic heterocycles. The van der Waals surface area contributed by atoms with Gasteiger partial charge in [0, 0.05) is 4.47 Å². The van der Waals surface area contributed by atoms with Gasteiger partial charge < -0.3 is 9.84 Å². The number of thiocarbonyl (C=S) groups is 1. The fourth-order valence-corrected chi connectivity index (χ4v) is 5.72. The molecule has 2 N–H and O–H groups in total. The predicted octanol–water partition coefficient (Wildman–Crippen LogP) is 4.26. The zero-order valence-electron chi connectivity index (χ0n) is 15.7. The van der Waals surface area contributed by atoms with Crippen LogP contribution in [0.4, 0.5) is 5.69 Å². The molecule has 2 aromatic carbocycles. The standard InChI is InChI=1S/C20H13BrI2N2O5S/c1-9-4-11(21)2-3-15(9)25-19(29)12(18(28)24-20(25)31)5-10-6-13(22)17(14(23)7-10)30-8-16(26)27/h2-7H,8H2,1H3,(H,26,27)(H,24,28,31)/b12-5+. The number of rotatable bonds is 5. The van der Waals surface area contributed by atoms with E-state index in [0.29, 0.717) is 24.1 Å². The van der Waals surface area contributed by atoms with Crippen LogP contribution in [-0.2, 0) is 14.4 Å². The molecule has 0 radical (unpaired) electrons. The van der Waals surface area contributed by atoms with Crippen molar-refractivity contribution in [3.63, 3.8) is 0 Å². The molecule has 11 heteroatoms. The second-order valence-electron chi connectivity index (χ2n) is 6.38. The largest absolute Gasteiger partial charge is 0.480 e. The molecule has 0 bridgehead atoms. The summed E-state index contributed by atoms with van der Waals surface area (Å²) in [5, 5.41) is 11.4. The maximum Gasteiger partial charge on any atom is 0.341 e. The Labute approximate surface area is 218 Å². The molecule has 0 unspecified atom stereocenters. The first kappa shape index (κ1) is 24.1. The molecule has 0 aliphatic carbocycles. The summed E-state index contributed by atoms with van der Waals surface area (Å²) in [4.78, 5) is 37.8. The van der Waals surface area contributed by atoms with Crippen molar-refractivity contribution >= 4 is 108 Å². The third-order valence-corrected chi connectivity index (χ3v) is 6.55. The first-order chi connectivity index (χ1) is 14.6. The number of hydrogen-bond donors (Lipinski definition) is 2. The zero-order chi connectivity index (χ0) is 22.9. The second-order valence-corrected chi connectivity index (χ2v) is 10.0. The van der Waals surface area contributed by atoms with Crippen LogP contribution in [0, 0.1) is 14.1 Å². The van der Waals surface area contributed by atoms with E-state index in [4.69, 9.17) is 22.1 Å². The summed E-state index contributed by atoms with van der Waals surface area (Å²) < 4.78 is 7.48. The summed E-state index contributed by atoms with van der Waals surface area (Å²) >= 11 is 12.7. The van der Waals surface area contributed by atoms with Crippen molar-refractivity contribution in [1.29, 1.82) is 0 Å². The fraction of sp³-hybridized carbons (Fsp3) is 0.100. The lowest BCUT2D eigenvalue weighted by atomic mass is 10.1. The molecule has 7 nitrogen and oxygen atoms in total. The monoisotopic (exact) mass is 726 g/mol. The highest BCUT2D eigenvalue weighted by Crippen LogP contribution is 2.31. The number of hydrogen-bond acceptors (Lipinski definition) is 5. The highest BCUT2D eigenvalue weighted by Gasteiger charge is 2.35. The minimum Gasteiger partial charge on any atom is -0.480 e. The molecule has 1 aliphatic rings. The van der Waals surface area contributed by atoms with Crippen LogP contribution >= 0.6 is 73.3 Å². The number of carbonyl (C=O) groups excluding carboxylic acids is 2. The van der Waals surface area contributed by atoms with Gasteiger partial charge in [-0.25, -0.2) is 4.79 Å². The van der Waals surface area contributed by atoms with Gasteiger partial charge in [-0.3, -0.25) is 19.8 Å². The minimum absolute atomic E-state index is 0.0131. The molecule has 1 aliphatic heterocycles. The number of carboxylic acids is 1. The smallest absolute Gasteiger partial charge is 0.341 e. The first-order valence-corrected chi connectivity index (χ1v) is 12.0. The number of aryl methyl sites for hydroxylation is 1. The van der Waals surface area contributed by atoms with Gasteiger partial charge in [0.05, 0.1) is 12.8 Å². The average Bonchev–Trinajstić information content (AvgIpc) is 2.65. The van der Waals surface area contributed by atoms with Gasteiger partial charge in [0.1, 0.15) is 11.3 Å². The number of aliphatic carboxylic acids is 1. The van der Waals surface area contributed by atoms with Gasteiger partial charge >= 0.3 is 5.97 Å². The van der Waals surface area contributed by atoms with E-state index < -0.39 is 24.4 Å². The topological polar surface area (TPSA) is 95.9 Å². The maximum atomic E-state index is 13.2. The normalized spacial score (nSPS) is 15.3. The van der Waals surface area contributed by atoms with Gasteiger partial charge in [-0.1, -0.05) is 15.9 Å². The van der Waals surface area contributed by atoms with Crippen LogP contribution in [0.1, 0.15) is 11.1 Å². The second kappa shape index (κ2) is 9.92. The molecule has 160 valence electrons. The predicted molar refractivity (Wildman–Crippen MR) is 140 cm³/mol. The van der Waals surface area contributed by atoms with Crippen LogP contribution in [0.5, 0.6) is 5.75 Å². The molecule has 2 aromatic rings. The summed E-state index contributed by atoms with van der Waals surface area (Å²) in [7, 11) is 0. The third kappa shape index (κ3) is 5.43. The molecule has 1 heterocycles. The summed E-state index contributed by atoms with van der Waals surface area (Å²) in [5.41, 5.74) is 1.91. The molecule has 31 heavy (non-hydrogen) atoms. The van der Waals surface area contributed by atoms with E-state index in [1.54, 1.807) is 24.3 Å². The first-order valence-electron chi connectivity index (χ1n) is 8.59.